The summed E-state index contributed by atoms with van der Waals surface area (Å²) in [6, 6.07) is 10.5. The van der Waals surface area contributed by atoms with Crippen molar-refractivity contribution in [1.29, 1.82) is 0 Å². The van der Waals surface area contributed by atoms with Crippen LogP contribution < -0.4 is 4.74 Å². The quantitative estimate of drug-likeness (QED) is 0.524. The highest BCUT2D eigenvalue weighted by molar-refractivity contribution is 5.89. The molecule has 5 rings (SSSR count). The molecular formula is C23H24N4O2. The molecular weight excluding hydrogens is 364 g/mol. The molecule has 0 saturated heterocycles. The second-order valence-corrected chi connectivity index (χ2v) is 8.11. The summed E-state index contributed by atoms with van der Waals surface area (Å²) >= 11 is 0. The fourth-order valence-corrected chi connectivity index (χ4v) is 4.30. The van der Waals surface area contributed by atoms with Crippen LogP contribution in [0.1, 0.15) is 26.2 Å². The van der Waals surface area contributed by atoms with Crippen LogP contribution in [0.15, 0.2) is 42.7 Å². The van der Waals surface area contributed by atoms with E-state index in [4.69, 9.17) is 9.72 Å². The molecule has 1 aromatic carbocycles. The van der Waals surface area contributed by atoms with Gasteiger partial charge in [0.25, 0.3) is 0 Å². The van der Waals surface area contributed by atoms with Gasteiger partial charge >= 0.3 is 0 Å². The number of rotatable bonds is 4. The summed E-state index contributed by atoms with van der Waals surface area (Å²) < 4.78 is 10.2. The van der Waals surface area contributed by atoms with Gasteiger partial charge in [0.15, 0.2) is 0 Å². The second-order valence-electron chi connectivity index (χ2n) is 8.11. The first-order valence-corrected chi connectivity index (χ1v) is 10.1. The van der Waals surface area contributed by atoms with Gasteiger partial charge < -0.3 is 9.30 Å². The molecule has 0 aliphatic heterocycles. The maximum Gasteiger partial charge on any atom is 0.225 e. The number of aromatic nitrogens is 4. The van der Waals surface area contributed by atoms with E-state index < -0.39 is 0 Å². The van der Waals surface area contributed by atoms with Gasteiger partial charge in [-0.2, -0.15) is 5.10 Å². The third-order valence-corrected chi connectivity index (χ3v) is 6.01. The molecule has 1 aliphatic carbocycles. The number of benzene rings is 1. The molecule has 3 heterocycles. The molecule has 0 bridgehead atoms. The summed E-state index contributed by atoms with van der Waals surface area (Å²) in [5.41, 5.74) is 3.91. The maximum atomic E-state index is 11.7. The molecule has 0 N–H and O–H groups in total. The summed E-state index contributed by atoms with van der Waals surface area (Å²) in [5, 5.41) is 6.65. The van der Waals surface area contributed by atoms with Crippen LogP contribution >= 0.6 is 0 Å². The zero-order chi connectivity index (χ0) is 20.1. The molecule has 0 spiro atoms. The monoisotopic (exact) mass is 388 g/mol. The van der Waals surface area contributed by atoms with Crippen LogP contribution in [0.4, 0.5) is 0 Å². The number of nitrogens with zero attached hydrogens (tertiary/aromatic N) is 4. The van der Waals surface area contributed by atoms with Crippen LogP contribution in [-0.4, -0.2) is 31.2 Å². The van der Waals surface area contributed by atoms with Crippen LogP contribution in [0.5, 0.6) is 5.88 Å². The lowest BCUT2D eigenvalue weighted by Gasteiger charge is -2.20. The van der Waals surface area contributed by atoms with Crippen molar-refractivity contribution in [3.8, 4) is 17.1 Å². The number of hydrogen-bond acceptors (Lipinski definition) is 4. The van der Waals surface area contributed by atoms with Crippen LogP contribution in [0.3, 0.4) is 0 Å². The van der Waals surface area contributed by atoms with Gasteiger partial charge in [0.1, 0.15) is 11.9 Å². The predicted octanol–water partition coefficient (Wildman–Crippen LogP) is 4.26. The van der Waals surface area contributed by atoms with Crippen molar-refractivity contribution in [3.63, 3.8) is 0 Å². The van der Waals surface area contributed by atoms with Crippen molar-refractivity contribution in [2.75, 3.05) is 0 Å². The van der Waals surface area contributed by atoms with E-state index in [9.17, 15) is 4.79 Å². The van der Waals surface area contributed by atoms with E-state index in [0.29, 0.717) is 24.5 Å². The Bertz CT molecular complexity index is 1240. The first-order valence-electron chi connectivity index (χ1n) is 10.1. The second kappa shape index (κ2) is 6.72. The maximum absolute atomic E-state index is 11.7. The number of Topliss-reactive ketones (excluding diaryl/α,β-unsaturated/α-hetero) is 1. The summed E-state index contributed by atoms with van der Waals surface area (Å²) in [6.45, 7) is 2.04. The van der Waals surface area contributed by atoms with Crippen molar-refractivity contribution in [2.45, 2.75) is 32.3 Å². The Morgan fingerprint density at radius 2 is 2.07 bits per heavy atom. The van der Waals surface area contributed by atoms with Crippen LogP contribution in [0.25, 0.3) is 33.1 Å². The minimum absolute atomic E-state index is 0.0655. The van der Waals surface area contributed by atoms with Crippen LogP contribution in [-0.2, 0) is 18.9 Å². The Morgan fingerprint density at radius 3 is 2.86 bits per heavy atom. The fourth-order valence-electron chi connectivity index (χ4n) is 4.30. The van der Waals surface area contributed by atoms with Gasteiger partial charge in [-0.1, -0.05) is 6.07 Å². The van der Waals surface area contributed by atoms with Crippen LogP contribution in [0.2, 0.25) is 0 Å². The lowest BCUT2D eigenvalue weighted by molar-refractivity contribution is -0.117. The Hall–Kier alpha value is -3.15. The highest BCUT2D eigenvalue weighted by Crippen LogP contribution is 2.33. The molecule has 1 aliphatic rings. The van der Waals surface area contributed by atoms with Gasteiger partial charge in [-0.25, -0.2) is 4.98 Å². The zero-order valence-corrected chi connectivity index (χ0v) is 16.9. The first kappa shape index (κ1) is 17.9. The Balaban J connectivity index is 1.56. The van der Waals surface area contributed by atoms with E-state index in [1.54, 1.807) is 4.68 Å². The standard InChI is InChI=1S/C23H24N4O2/c1-14(15-4-6-18(28)11-15)29-23-19-13-27(3)25-21(19)12-20(24-23)16-5-7-22-17(10-16)8-9-26(22)2/h5,7-10,12-15H,4,6,11H2,1-3H3/t14-,15+/m1/s1. The number of aryl methyl sites for hydroxylation is 2. The fraction of sp³-hybridized carbons (Fsp3) is 0.348. The van der Waals surface area contributed by atoms with Crippen molar-refractivity contribution >= 4 is 27.6 Å². The third kappa shape index (κ3) is 3.18. The number of ether oxygens (including phenoxy) is 1. The SMILES string of the molecule is C[C@@H](Oc1nc(-c2ccc3c(ccn3C)c2)cc2nn(C)cc12)[C@H]1CCC(=O)C1. The lowest BCUT2D eigenvalue weighted by Crippen LogP contribution is -2.22. The molecule has 6 heteroatoms. The topological polar surface area (TPSA) is 61.9 Å². The van der Waals surface area contributed by atoms with Crippen LogP contribution in [0, 0.1) is 5.92 Å². The van der Waals surface area contributed by atoms with E-state index in [1.165, 1.54) is 10.9 Å². The zero-order valence-electron chi connectivity index (χ0n) is 16.9. The van der Waals surface area contributed by atoms with Crippen molar-refractivity contribution < 1.29 is 9.53 Å². The number of carbonyl (C=O) groups excluding carboxylic acids is 1. The molecule has 3 aromatic heterocycles. The van der Waals surface area contributed by atoms with E-state index in [-0.39, 0.29) is 12.0 Å². The third-order valence-electron chi connectivity index (χ3n) is 6.01. The summed E-state index contributed by atoms with van der Waals surface area (Å²) in [6.07, 6.45) is 6.08. The van der Waals surface area contributed by atoms with Gasteiger partial charge in [-0.3, -0.25) is 9.48 Å². The molecule has 1 saturated carbocycles. The number of pyridine rings is 1. The highest BCUT2D eigenvalue weighted by Gasteiger charge is 2.29. The largest absolute Gasteiger partial charge is 0.474 e. The lowest BCUT2D eigenvalue weighted by atomic mass is 10.0. The number of hydrogen-bond donors (Lipinski definition) is 0. The molecule has 6 nitrogen and oxygen atoms in total. The van der Waals surface area contributed by atoms with E-state index >= 15 is 0 Å². The van der Waals surface area contributed by atoms with Crippen molar-refractivity contribution in [2.24, 2.45) is 20.0 Å². The molecule has 148 valence electrons. The molecule has 0 radical (unpaired) electrons. The molecule has 2 atom stereocenters. The Morgan fingerprint density at radius 1 is 1.21 bits per heavy atom. The van der Waals surface area contributed by atoms with E-state index in [0.717, 1.165) is 28.6 Å². The summed E-state index contributed by atoms with van der Waals surface area (Å²) in [4.78, 5) is 16.5. The van der Waals surface area contributed by atoms with Gasteiger partial charge in [0, 0.05) is 61.7 Å². The summed E-state index contributed by atoms with van der Waals surface area (Å²) in [7, 11) is 3.94. The first-order chi connectivity index (χ1) is 14.0. The van der Waals surface area contributed by atoms with Gasteiger partial charge in [0.05, 0.1) is 16.6 Å². The minimum Gasteiger partial charge on any atom is -0.474 e. The van der Waals surface area contributed by atoms with Gasteiger partial charge in [-0.15, -0.1) is 0 Å². The molecule has 1 fully saturated rings. The number of carbonyl (C=O) groups is 1. The highest BCUT2D eigenvalue weighted by atomic mass is 16.5. The van der Waals surface area contributed by atoms with E-state index in [1.807, 2.05) is 33.3 Å². The number of fused-ring (bicyclic) bond motifs is 2. The smallest absolute Gasteiger partial charge is 0.225 e. The normalized spacial score (nSPS) is 18.0. The van der Waals surface area contributed by atoms with Gasteiger partial charge in [0.2, 0.25) is 5.88 Å². The van der Waals surface area contributed by atoms with Crippen molar-refractivity contribution in [1.82, 2.24) is 19.3 Å². The van der Waals surface area contributed by atoms with Crippen molar-refractivity contribution in [3.05, 3.63) is 42.7 Å². The average molecular weight is 388 g/mol. The van der Waals surface area contributed by atoms with E-state index in [2.05, 4.69) is 40.1 Å². The van der Waals surface area contributed by atoms with Gasteiger partial charge in [-0.05, 0) is 37.6 Å². The molecule has 29 heavy (non-hydrogen) atoms. The minimum atomic E-state index is -0.0655. The molecule has 0 amide bonds. The number of ketones is 1. The summed E-state index contributed by atoms with van der Waals surface area (Å²) in [5.74, 6) is 1.17. The molecule has 0 unspecified atom stereocenters. The Kier molecular flexibility index (Phi) is 4.15. The Labute approximate surface area is 169 Å². The molecule has 4 aromatic rings. The predicted molar refractivity (Wildman–Crippen MR) is 113 cm³/mol. The average Bonchev–Trinajstić information content (AvgIpc) is 3.39.